The smallest absolute Gasteiger partial charge is 0.0700 e. The third-order valence-electron chi connectivity index (χ3n) is 3.00. The van der Waals surface area contributed by atoms with Crippen molar-refractivity contribution < 1.29 is 14.2 Å². The number of hydrogen-bond acceptors (Lipinski definition) is 4. The quantitative estimate of drug-likeness (QED) is 0.608. The SMILES string of the molecule is COCCOCCCOCC1(N)CCCC1. The van der Waals surface area contributed by atoms with E-state index in [1.165, 1.54) is 12.8 Å². The molecule has 0 amide bonds. The maximum absolute atomic E-state index is 6.17. The van der Waals surface area contributed by atoms with Crippen molar-refractivity contribution in [1.29, 1.82) is 0 Å². The van der Waals surface area contributed by atoms with E-state index in [-0.39, 0.29) is 5.54 Å². The summed E-state index contributed by atoms with van der Waals surface area (Å²) >= 11 is 0. The molecule has 4 nitrogen and oxygen atoms in total. The van der Waals surface area contributed by atoms with Gasteiger partial charge in [0, 0.05) is 25.9 Å². The minimum Gasteiger partial charge on any atom is -0.382 e. The summed E-state index contributed by atoms with van der Waals surface area (Å²) in [6.45, 7) is 3.50. The van der Waals surface area contributed by atoms with Gasteiger partial charge in [0.2, 0.25) is 0 Å². The first-order chi connectivity index (χ1) is 7.77. The fraction of sp³-hybridized carbons (Fsp3) is 1.00. The summed E-state index contributed by atoms with van der Waals surface area (Å²) in [5, 5.41) is 0. The predicted octanol–water partition coefficient (Wildman–Crippen LogP) is 1.33. The van der Waals surface area contributed by atoms with Crippen molar-refractivity contribution in [2.24, 2.45) is 5.73 Å². The molecule has 16 heavy (non-hydrogen) atoms. The van der Waals surface area contributed by atoms with Gasteiger partial charge in [-0.2, -0.15) is 0 Å². The molecule has 1 aliphatic carbocycles. The first kappa shape index (κ1) is 13.9. The van der Waals surface area contributed by atoms with Crippen molar-refractivity contribution in [1.82, 2.24) is 0 Å². The molecular weight excluding hydrogens is 206 g/mol. The fourth-order valence-electron chi connectivity index (χ4n) is 2.01. The summed E-state index contributed by atoms with van der Waals surface area (Å²) in [6, 6.07) is 0. The van der Waals surface area contributed by atoms with Crippen LogP contribution < -0.4 is 5.73 Å². The van der Waals surface area contributed by atoms with Gasteiger partial charge in [-0.1, -0.05) is 12.8 Å². The Morgan fingerprint density at radius 2 is 1.69 bits per heavy atom. The molecule has 0 unspecified atom stereocenters. The van der Waals surface area contributed by atoms with Crippen LogP contribution in [0.25, 0.3) is 0 Å². The molecule has 0 aromatic rings. The van der Waals surface area contributed by atoms with Crippen molar-refractivity contribution in [2.45, 2.75) is 37.6 Å². The predicted molar refractivity (Wildman–Crippen MR) is 63.5 cm³/mol. The zero-order valence-corrected chi connectivity index (χ0v) is 10.4. The van der Waals surface area contributed by atoms with Crippen molar-refractivity contribution in [3.63, 3.8) is 0 Å². The highest BCUT2D eigenvalue weighted by molar-refractivity contribution is 4.88. The average Bonchev–Trinajstić information content (AvgIpc) is 2.70. The Kier molecular flexibility index (Phi) is 6.96. The van der Waals surface area contributed by atoms with Gasteiger partial charge in [0.05, 0.1) is 19.8 Å². The Morgan fingerprint density at radius 1 is 1.00 bits per heavy atom. The highest BCUT2D eigenvalue weighted by Crippen LogP contribution is 2.27. The molecule has 0 aromatic carbocycles. The highest BCUT2D eigenvalue weighted by Gasteiger charge is 2.29. The van der Waals surface area contributed by atoms with Crippen molar-refractivity contribution in [2.75, 3.05) is 40.1 Å². The first-order valence-electron chi connectivity index (χ1n) is 6.20. The number of hydrogen-bond donors (Lipinski definition) is 1. The van der Waals surface area contributed by atoms with Crippen molar-refractivity contribution >= 4 is 0 Å². The normalized spacial score (nSPS) is 19.1. The molecule has 0 radical (unpaired) electrons. The molecule has 0 saturated heterocycles. The van der Waals surface area contributed by atoms with Gasteiger partial charge in [-0.15, -0.1) is 0 Å². The van der Waals surface area contributed by atoms with Gasteiger partial charge in [-0.25, -0.2) is 0 Å². The van der Waals surface area contributed by atoms with Crippen LogP contribution in [0.3, 0.4) is 0 Å². The molecule has 1 fully saturated rings. The lowest BCUT2D eigenvalue weighted by molar-refractivity contribution is 0.0409. The maximum Gasteiger partial charge on any atom is 0.0700 e. The second-order valence-electron chi connectivity index (χ2n) is 4.58. The molecule has 0 aliphatic heterocycles. The largest absolute Gasteiger partial charge is 0.382 e. The third kappa shape index (κ3) is 5.80. The fourth-order valence-corrected chi connectivity index (χ4v) is 2.01. The summed E-state index contributed by atoms with van der Waals surface area (Å²) in [7, 11) is 1.68. The average molecular weight is 231 g/mol. The van der Waals surface area contributed by atoms with Crippen LogP contribution in [0.1, 0.15) is 32.1 Å². The second kappa shape index (κ2) is 8.01. The number of ether oxygens (including phenoxy) is 3. The molecule has 0 bridgehead atoms. The molecule has 4 heteroatoms. The van der Waals surface area contributed by atoms with Gasteiger partial charge >= 0.3 is 0 Å². The number of rotatable bonds is 9. The van der Waals surface area contributed by atoms with E-state index >= 15 is 0 Å². The molecule has 0 aromatic heterocycles. The van der Waals surface area contributed by atoms with Gasteiger partial charge in [0.15, 0.2) is 0 Å². The number of nitrogens with two attached hydrogens (primary N) is 1. The molecular formula is C12H25NO3. The van der Waals surface area contributed by atoms with E-state index in [4.69, 9.17) is 19.9 Å². The van der Waals surface area contributed by atoms with E-state index in [0.717, 1.165) is 32.5 Å². The lowest BCUT2D eigenvalue weighted by atomic mass is 10.0. The molecule has 0 heterocycles. The minimum absolute atomic E-state index is 0.0447. The monoisotopic (exact) mass is 231 g/mol. The van der Waals surface area contributed by atoms with Crippen molar-refractivity contribution in [3.05, 3.63) is 0 Å². The maximum atomic E-state index is 6.17. The Hall–Kier alpha value is -0.160. The van der Waals surface area contributed by atoms with Gasteiger partial charge in [0.25, 0.3) is 0 Å². The summed E-state index contributed by atoms with van der Waals surface area (Å²) in [5.74, 6) is 0. The molecule has 1 rings (SSSR count). The van der Waals surface area contributed by atoms with E-state index in [1.807, 2.05) is 0 Å². The Bertz CT molecular complexity index is 170. The van der Waals surface area contributed by atoms with Crippen LogP contribution in [-0.4, -0.2) is 45.7 Å². The topological polar surface area (TPSA) is 53.7 Å². The molecule has 96 valence electrons. The van der Waals surface area contributed by atoms with Crippen LogP contribution in [0.5, 0.6) is 0 Å². The third-order valence-corrected chi connectivity index (χ3v) is 3.00. The molecule has 1 aliphatic rings. The van der Waals surface area contributed by atoms with Gasteiger partial charge in [-0.05, 0) is 19.3 Å². The van der Waals surface area contributed by atoms with E-state index in [0.29, 0.717) is 19.8 Å². The standard InChI is InChI=1S/C12H25NO3/c1-14-9-10-15-7-4-8-16-11-12(13)5-2-3-6-12/h2-11,13H2,1H3. The minimum atomic E-state index is -0.0447. The summed E-state index contributed by atoms with van der Waals surface area (Å²) < 4.78 is 15.8. The summed E-state index contributed by atoms with van der Waals surface area (Å²) in [5.41, 5.74) is 6.12. The van der Waals surface area contributed by atoms with Crippen molar-refractivity contribution in [3.8, 4) is 0 Å². The number of methoxy groups -OCH3 is 1. The van der Waals surface area contributed by atoms with Gasteiger partial charge in [0.1, 0.15) is 0 Å². The first-order valence-corrected chi connectivity index (χ1v) is 6.20. The lowest BCUT2D eigenvalue weighted by Gasteiger charge is -2.23. The molecule has 2 N–H and O–H groups in total. The Balaban J connectivity index is 1.84. The van der Waals surface area contributed by atoms with Crippen LogP contribution in [0.4, 0.5) is 0 Å². The van der Waals surface area contributed by atoms with Crippen LogP contribution in [0, 0.1) is 0 Å². The molecule has 0 atom stereocenters. The van der Waals surface area contributed by atoms with E-state index in [9.17, 15) is 0 Å². The van der Waals surface area contributed by atoms with E-state index in [2.05, 4.69) is 0 Å². The highest BCUT2D eigenvalue weighted by atomic mass is 16.5. The van der Waals surface area contributed by atoms with Gasteiger partial charge in [-0.3, -0.25) is 0 Å². The zero-order valence-electron chi connectivity index (χ0n) is 10.4. The lowest BCUT2D eigenvalue weighted by Crippen LogP contribution is -2.41. The van der Waals surface area contributed by atoms with E-state index in [1.54, 1.807) is 7.11 Å². The van der Waals surface area contributed by atoms with E-state index < -0.39 is 0 Å². The summed E-state index contributed by atoms with van der Waals surface area (Å²) in [4.78, 5) is 0. The molecule has 1 saturated carbocycles. The Labute approximate surface area is 98.4 Å². The van der Waals surface area contributed by atoms with Crippen LogP contribution in [0.2, 0.25) is 0 Å². The van der Waals surface area contributed by atoms with Gasteiger partial charge < -0.3 is 19.9 Å². The second-order valence-corrected chi connectivity index (χ2v) is 4.58. The zero-order chi connectivity index (χ0) is 11.7. The van der Waals surface area contributed by atoms with Crippen LogP contribution in [0.15, 0.2) is 0 Å². The van der Waals surface area contributed by atoms with Crippen LogP contribution >= 0.6 is 0 Å². The van der Waals surface area contributed by atoms with Crippen LogP contribution in [-0.2, 0) is 14.2 Å². The molecule has 0 spiro atoms. The summed E-state index contributed by atoms with van der Waals surface area (Å²) in [6.07, 6.45) is 5.65. The Morgan fingerprint density at radius 3 is 2.38 bits per heavy atom.